The Labute approximate surface area is 100 Å². The van der Waals surface area contributed by atoms with Crippen molar-refractivity contribution < 1.29 is 4.74 Å². The number of hydrogen-bond donors (Lipinski definition) is 2. The van der Waals surface area contributed by atoms with E-state index in [0.29, 0.717) is 12.0 Å². The first kappa shape index (κ1) is 13.9. The Bertz CT molecular complexity index is 165. The van der Waals surface area contributed by atoms with Crippen LogP contribution >= 0.6 is 0 Å². The fourth-order valence-corrected chi connectivity index (χ4v) is 2.67. The van der Waals surface area contributed by atoms with Crippen molar-refractivity contribution in [3.05, 3.63) is 0 Å². The second kappa shape index (κ2) is 8.04. The van der Waals surface area contributed by atoms with Crippen LogP contribution in [-0.4, -0.2) is 19.3 Å². The number of ether oxygens (including phenoxy) is 1. The van der Waals surface area contributed by atoms with Crippen LogP contribution in [0.3, 0.4) is 0 Å². The van der Waals surface area contributed by atoms with Crippen molar-refractivity contribution in [2.24, 2.45) is 17.7 Å². The first-order chi connectivity index (χ1) is 7.81. The number of nitrogens with one attached hydrogen (secondary N) is 1. The molecule has 0 spiro atoms. The predicted octanol–water partition coefficient (Wildman–Crippen LogP) is 2.46. The van der Waals surface area contributed by atoms with Crippen LogP contribution in [0.25, 0.3) is 0 Å². The molecule has 0 aromatic rings. The lowest BCUT2D eigenvalue weighted by atomic mass is 9.78. The highest BCUT2D eigenvalue weighted by Gasteiger charge is 2.26. The molecule has 0 saturated heterocycles. The van der Waals surface area contributed by atoms with E-state index in [4.69, 9.17) is 10.6 Å². The molecular formula is C13H28N2O. The molecule has 1 saturated carbocycles. The van der Waals surface area contributed by atoms with Crippen LogP contribution in [-0.2, 0) is 4.74 Å². The van der Waals surface area contributed by atoms with Gasteiger partial charge in [0.15, 0.2) is 0 Å². The van der Waals surface area contributed by atoms with Crippen molar-refractivity contribution in [3.8, 4) is 0 Å². The van der Waals surface area contributed by atoms with Crippen LogP contribution in [0.15, 0.2) is 0 Å². The Morgan fingerprint density at radius 3 is 2.44 bits per heavy atom. The average Bonchev–Trinajstić information content (AvgIpc) is 2.35. The van der Waals surface area contributed by atoms with Gasteiger partial charge >= 0.3 is 0 Å². The van der Waals surface area contributed by atoms with Gasteiger partial charge in [-0.25, -0.2) is 0 Å². The quantitative estimate of drug-likeness (QED) is 0.400. The largest absolute Gasteiger partial charge is 0.380 e. The first-order valence-corrected chi connectivity index (χ1v) is 6.85. The van der Waals surface area contributed by atoms with E-state index in [9.17, 15) is 0 Å². The maximum Gasteiger partial charge on any atom is 0.0635 e. The lowest BCUT2D eigenvalue weighted by molar-refractivity contribution is 0.0797. The summed E-state index contributed by atoms with van der Waals surface area (Å²) >= 11 is 0. The van der Waals surface area contributed by atoms with E-state index < -0.39 is 0 Å². The fourth-order valence-electron chi connectivity index (χ4n) is 2.67. The van der Waals surface area contributed by atoms with Gasteiger partial charge in [0.05, 0.1) is 6.61 Å². The third-order valence-electron chi connectivity index (χ3n) is 3.90. The second-order valence-electron chi connectivity index (χ2n) is 5.04. The van der Waals surface area contributed by atoms with Crippen molar-refractivity contribution in [3.63, 3.8) is 0 Å². The highest BCUT2D eigenvalue weighted by atomic mass is 16.5. The molecule has 16 heavy (non-hydrogen) atoms. The van der Waals surface area contributed by atoms with Gasteiger partial charge in [-0.3, -0.25) is 11.3 Å². The van der Waals surface area contributed by atoms with E-state index in [2.05, 4.69) is 19.3 Å². The minimum absolute atomic E-state index is 0.351. The summed E-state index contributed by atoms with van der Waals surface area (Å²) in [5.41, 5.74) is 2.94. The van der Waals surface area contributed by atoms with Gasteiger partial charge in [0.2, 0.25) is 0 Å². The second-order valence-corrected chi connectivity index (χ2v) is 5.04. The third kappa shape index (κ3) is 4.40. The van der Waals surface area contributed by atoms with Crippen molar-refractivity contribution in [1.82, 2.24) is 5.43 Å². The van der Waals surface area contributed by atoms with Crippen LogP contribution in [0.5, 0.6) is 0 Å². The summed E-state index contributed by atoms with van der Waals surface area (Å²) < 4.78 is 5.60. The van der Waals surface area contributed by atoms with Crippen LogP contribution < -0.4 is 11.3 Å². The van der Waals surface area contributed by atoms with E-state index in [-0.39, 0.29) is 0 Å². The van der Waals surface area contributed by atoms with E-state index >= 15 is 0 Å². The maximum absolute atomic E-state index is 5.62. The summed E-state index contributed by atoms with van der Waals surface area (Å²) in [5.74, 6) is 7.29. The Kier molecular flexibility index (Phi) is 7.01. The average molecular weight is 228 g/mol. The summed E-state index contributed by atoms with van der Waals surface area (Å²) in [6.07, 6.45) is 7.77. The molecule has 0 bridgehead atoms. The standard InChI is InChI=1S/C13H28N2O/c1-3-9-16-10-13(15-14)12-7-5-11(4-2)6-8-12/h11-13,15H,3-10,14H2,1-2H3. The molecule has 96 valence electrons. The van der Waals surface area contributed by atoms with Gasteiger partial charge < -0.3 is 4.74 Å². The third-order valence-corrected chi connectivity index (χ3v) is 3.90. The summed E-state index contributed by atoms with van der Waals surface area (Å²) in [6, 6.07) is 0.351. The smallest absolute Gasteiger partial charge is 0.0635 e. The molecule has 0 aromatic heterocycles. The molecule has 1 fully saturated rings. The highest BCUT2D eigenvalue weighted by molar-refractivity contribution is 4.80. The van der Waals surface area contributed by atoms with Crippen molar-refractivity contribution >= 4 is 0 Å². The molecule has 0 heterocycles. The summed E-state index contributed by atoms with van der Waals surface area (Å²) in [4.78, 5) is 0. The normalized spacial score (nSPS) is 27.9. The van der Waals surface area contributed by atoms with Gasteiger partial charge in [-0.2, -0.15) is 0 Å². The number of rotatable bonds is 7. The van der Waals surface area contributed by atoms with Crippen LogP contribution in [0.4, 0.5) is 0 Å². The zero-order valence-corrected chi connectivity index (χ0v) is 10.9. The monoisotopic (exact) mass is 228 g/mol. The summed E-state index contributed by atoms with van der Waals surface area (Å²) in [7, 11) is 0. The lowest BCUT2D eigenvalue weighted by Gasteiger charge is -2.33. The highest BCUT2D eigenvalue weighted by Crippen LogP contribution is 2.32. The summed E-state index contributed by atoms with van der Waals surface area (Å²) in [5, 5.41) is 0. The van der Waals surface area contributed by atoms with Crippen molar-refractivity contribution in [2.45, 2.75) is 58.4 Å². The predicted molar refractivity (Wildman–Crippen MR) is 68.0 cm³/mol. The molecule has 1 aliphatic rings. The molecule has 1 atom stereocenters. The van der Waals surface area contributed by atoms with E-state index in [0.717, 1.165) is 25.6 Å². The van der Waals surface area contributed by atoms with Crippen molar-refractivity contribution in [2.75, 3.05) is 13.2 Å². The molecule has 3 heteroatoms. The molecule has 0 aliphatic heterocycles. The van der Waals surface area contributed by atoms with Crippen LogP contribution in [0.1, 0.15) is 52.4 Å². The first-order valence-electron chi connectivity index (χ1n) is 6.85. The molecule has 1 aliphatic carbocycles. The van der Waals surface area contributed by atoms with Gasteiger partial charge in [0, 0.05) is 12.6 Å². The Hall–Kier alpha value is -0.120. The Balaban J connectivity index is 2.25. The Morgan fingerprint density at radius 1 is 1.25 bits per heavy atom. The zero-order chi connectivity index (χ0) is 11.8. The van der Waals surface area contributed by atoms with Gasteiger partial charge in [0.25, 0.3) is 0 Å². The number of hydrazine groups is 1. The van der Waals surface area contributed by atoms with E-state index in [1.165, 1.54) is 32.1 Å². The molecular weight excluding hydrogens is 200 g/mol. The van der Waals surface area contributed by atoms with Gasteiger partial charge in [0.1, 0.15) is 0 Å². The molecule has 3 nitrogen and oxygen atoms in total. The Morgan fingerprint density at radius 2 is 1.94 bits per heavy atom. The minimum atomic E-state index is 0.351. The summed E-state index contributed by atoms with van der Waals surface area (Å²) in [6.45, 7) is 6.06. The molecule has 0 amide bonds. The molecule has 3 N–H and O–H groups in total. The maximum atomic E-state index is 5.62. The number of nitrogens with two attached hydrogens (primary N) is 1. The molecule has 0 aromatic carbocycles. The minimum Gasteiger partial charge on any atom is -0.380 e. The zero-order valence-electron chi connectivity index (χ0n) is 10.9. The number of hydrogen-bond acceptors (Lipinski definition) is 3. The molecule has 0 radical (unpaired) electrons. The van der Waals surface area contributed by atoms with Gasteiger partial charge in [-0.05, 0) is 31.1 Å². The van der Waals surface area contributed by atoms with Crippen LogP contribution in [0.2, 0.25) is 0 Å². The fraction of sp³-hybridized carbons (Fsp3) is 1.00. The van der Waals surface area contributed by atoms with E-state index in [1.54, 1.807) is 0 Å². The van der Waals surface area contributed by atoms with E-state index in [1.807, 2.05) is 0 Å². The van der Waals surface area contributed by atoms with Crippen LogP contribution in [0, 0.1) is 11.8 Å². The molecule has 1 unspecified atom stereocenters. The van der Waals surface area contributed by atoms with Crippen molar-refractivity contribution in [1.29, 1.82) is 0 Å². The molecule has 1 rings (SSSR count). The van der Waals surface area contributed by atoms with Gasteiger partial charge in [-0.15, -0.1) is 0 Å². The van der Waals surface area contributed by atoms with Gasteiger partial charge in [-0.1, -0.05) is 33.1 Å². The lowest BCUT2D eigenvalue weighted by Crippen LogP contribution is -2.45. The SMILES string of the molecule is CCCOCC(NN)C1CCC(CC)CC1. The topological polar surface area (TPSA) is 47.3 Å².